The summed E-state index contributed by atoms with van der Waals surface area (Å²) in [6, 6.07) is 13.6. The van der Waals surface area contributed by atoms with Gasteiger partial charge in [0.2, 0.25) is 5.91 Å². The average molecular weight is 440 g/mol. The van der Waals surface area contributed by atoms with Crippen LogP contribution in [0.2, 0.25) is 0 Å². The first-order valence-electron chi connectivity index (χ1n) is 8.15. The largest absolute Gasteiger partial charge is 0.497 e. The number of amides is 1. The number of carbonyl (C=O) groups is 1. The minimum atomic E-state index is -3.56. The van der Waals surface area contributed by atoms with Crippen LogP contribution >= 0.6 is 15.9 Å². The summed E-state index contributed by atoms with van der Waals surface area (Å²) in [6.07, 6.45) is 0. The van der Waals surface area contributed by atoms with Crippen LogP contribution in [0.3, 0.4) is 0 Å². The van der Waals surface area contributed by atoms with Gasteiger partial charge < -0.3 is 10.1 Å². The summed E-state index contributed by atoms with van der Waals surface area (Å²) in [5.41, 5.74) is 0.951. The molecular formula is C19H22BrNO4S. The molecule has 1 amide bonds. The Kier molecular flexibility index (Phi) is 6.83. The minimum Gasteiger partial charge on any atom is -0.497 e. The summed E-state index contributed by atoms with van der Waals surface area (Å²) in [5, 5.41) is 2.87. The van der Waals surface area contributed by atoms with Crippen LogP contribution in [-0.4, -0.2) is 27.2 Å². The molecule has 0 heterocycles. The third-order valence-corrected chi connectivity index (χ3v) is 6.52. The van der Waals surface area contributed by atoms with Crippen molar-refractivity contribution in [2.45, 2.75) is 24.8 Å². The van der Waals surface area contributed by atoms with Crippen LogP contribution in [0.25, 0.3) is 0 Å². The highest BCUT2D eigenvalue weighted by Crippen LogP contribution is 2.20. The average Bonchev–Trinajstić information content (AvgIpc) is 2.61. The van der Waals surface area contributed by atoms with Gasteiger partial charge in [0, 0.05) is 10.4 Å². The molecule has 0 fully saturated rings. The normalized spacial score (nSPS) is 13.7. The summed E-state index contributed by atoms with van der Waals surface area (Å²) in [5.74, 6) is -0.631. The SMILES string of the molecule is COc1ccc(S(=O)(=O)CC(C)C(=O)NC(C)c2ccc(Br)cc2)cc1. The van der Waals surface area contributed by atoms with Gasteiger partial charge in [-0.25, -0.2) is 8.42 Å². The van der Waals surface area contributed by atoms with Gasteiger partial charge in [0.05, 0.1) is 23.8 Å². The van der Waals surface area contributed by atoms with E-state index < -0.39 is 15.8 Å². The quantitative estimate of drug-likeness (QED) is 0.712. The molecule has 5 nitrogen and oxygen atoms in total. The van der Waals surface area contributed by atoms with Gasteiger partial charge >= 0.3 is 0 Å². The summed E-state index contributed by atoms with van der Waals surface area (Å²) < 4.78 is 31.0. The predicted molar refractivity (Wildman–Crippen MR) is 105 cm³/mol. The van der Waals surface area contributed by atoms with Gasteiger partial charge in [-0.05, 0) is 48.9 Å². The standard InChI is InChI=1S/C19H22BrNO4S/c1-13(12-26(23,24)18-10-8-17(25-3)9-11-18)19(22)21-14(2)15-4-6-16(20)7-5-15/h4-11,13-14H,12H2,1-3H3,(H,21,22). The summed E-state index contributed by atoms with van der Waals surface area (Å²) >= 11 is 3.37. The fraction of sp³-hybridized carbons (Fsp3) is 0.316. The third kappa shape index (κ3) is 5.32. The van der Waals surface area contributed by atoms with Gasteiger partial charge in [0.15, 0.2) is 9.84 Å². The van der Waals surface area contributed by atoms with E-state index in [0.717, 1.165) is 10.0 Å². The molecule has 0 aromatic heterocycles. The third-order valence-electron chi connectivity index (χ3n) is 4.06. The Bertz CT molecular complexity index is 848. The van der Waals surface area contributed by atoms with Gasteiger partial charge in [-0.3, -0.25) is 4.79 Å². The number of benzene rings is 2. The number of halogens is 1. The number of methoxy groups -OCH3 is 1. The molecule has 0 saturated carbocycles. The van der Waals surface area contributed by atoms with Crippen molar-refractivity contribution in [2.24, 2.45) is 5.92 Å². The van der Waals surface area contributed by atoms with Crippen molar-refractivity contribution in [1.29, 1.82) is 0 Å². The molecule has 0 aliphatic carbocycles. The Labute approximate surface area is 162 Å². The molecule has 1 N–H and O–H groups in total. The lowest BCUT2D eigenvalue weighted by atomic mass is 10.1. The predicted octanol–water partition coefficient (Wildman–Crippen LogP) is 3.74. The van der Waals surface area contributed by atoms with E-state index in [1.54, 1.807) is 19.1 Å². The van der Waals surface area contributed by atoms with Gasteiger partial charge in [-0.1, -0.05) is 35.0 Å². The van der Waals surface area contributed by atoms with Gasteiger partial charge in [0.1, 0.15) is 5.75 Å². The molecular weight excluding hydrogens is 418 g/mol. The monoisotopic (exact) mass is 439 g/mol. The van der Waals surface area contributed by atoms with Crippen LogP contribution in [0.4, 0.5) is 0 Å². The smallest absolute Gasteiger partial charge is 0.224 e. The molecule has 2 rings (SSSR count). The molecule has 0 radical (unpaired) electrons. The van der Waals surface area contributed by atoms with Crippen LogP contribution in [0.15, 0.2) is 57.9 Å². The number of sulfone groups is 1. The number of carbonyl (C=O) groups excluding carboxylic acids is 1. The van der Waals surface area contributed by atoms with Gasteiger partial charge in [-0.15, -0.1) is 0 Å². The fourth-order valence-corrected chi connectivity index (χ4v) is 4.29. The van der Waals surface area contributed by atoms with Crippen molar-refractivity contribution in [3.63, 3.8) is 0 Å². The maximum Gasteiger partial charge on any atom is 0.224 e. The molecule has 0 bridgehead atoms. The zero-order valence-electron chi connectivity index (χ0n) is 14.9. The van der Waals surface area contributed by atoms with Gasteiger partial charge in [0.25, 0.3) is 0 Å². The van der Waals surface area contributed by atoms with E-state index in [1.807, 2.05) is 31.2 Å². The lowest BCUT2D eigenvalue weighted by molar-refractivity contribution is -0.124. The van der Waals surface area contributed by atoms with Gasteiger partial charge in [-0.2, -0.15) is 0 Å². The zero-order chi connectivity index (χ0) is 19.3. The van der Waals surface area contributed by atoms with Crippen molar-refractivity contribution >= 4 is 31.7 Å². The lowest BCUT2D eigenvalue weighted by Crippen LogP contribution is -2.34. The molecule has 2 aromatic carbocycles. The molecule has 2 unspecified atom stereocenters. The number of hydrogen-bond donors (Lipinski definition) is 1. The number of hydrogen-bond acceptors (Lipinski definition) is 4. The van der Waals surface area contributed by atoms with Crippen molar-refractivity contribution < 1.29 is 17.9 Å². The topological polar surface area (TPSA) is 72.5 Å². The Hall–Kier alpha value is -1.86. The van der Waals surface area contributed by atoms with E-state index in [0.29, 0.717) is 5.75 Å². The van der Waals surface area contributed by atoms with Crippen LogP contribution < -0.4 is 10.1 Å². The first kappa shape index (κ1) is 20.5. The number of rotatable bonds is 7. The second-order valence-corrected chi connectivity index (χ2v) is 9.09. The first-order valence-corrected chi connectivity index (χ1v) is 10.6. The Morgan fingerprint density at radius 2 is 1.65 bits per heavy atom. The molecule has 0 saturated heterocycles. The Morgan fingerprint density at radius 1 is 1.08 bits per heavy atom. The summed E-state index contributed by atoms with van der Waals surface area (Å²) in [6.45, 7) is 3.48. The summed E-state index contributed by atoms with van der Waals surface area (Å²) in [4.78, 5) is 12.6. The van der Waals surface area contributed by atoms with E-state index in [9.17, 15) is 13.2 Å². The van der Waals surface area contributed by atoms with E-state index in [-0.39, 0.29) is 22.6 Å². The van der Waals surface area contributed by atoms with E-state index in [2.05, 4.69) is 21.2 Å². The van der Waals surface area contributed by atoms with Crippen molar-refractivity contribution in [2.75, 3.05) is 12.9 Å². The van der Waals surface area contributed by atoms with Crippen LogP contribution in [-0.2, 0) is 14.6 Å². The molecule has 2 aromatic rings. The fourth-order valence-electron chi connectivity index (χ4n) is 2.47. The highest BCUT2D eigenvalue weighted by molar-refractivity contribution is 9.10. The summed E-state index contributed by atoms with van der Waals surface area (Å²) in [7, 11) is -2.04. The molecule has 26 heavy (non-hydrogen) atoms. The lowest BCUT2D eigenvalue weighted by Gasteiger charge is -2.18. The first-order chi connectivity index (χ1) is 12.2. The van der Waals surface area contributed by atoms with Crippen LogP contribution in [0.1, 0.15) is 25.5 Å². The molecule has 0 aliphatic heterocycles. The number of nitrogens with one attached hydrogen (secondary N) is 1. The Balaban J connectivity index is 2.01. The zero-order valence-corrected chi connectivity index (χ0v) is 17.3. The molecule has 0 aliphatic rings. The number of ether oxygens (including phenoxy) is 1. The molecule has 2 atom stereocenters. The van der Waals surface area contributed by atoms with Crippen molar-refractivity contribution in [3.05, 3.63) is 58.6 Å². The van der Waals surface area contributed by atoms with Crippen LogP contribution in [0.5, 0.6) is 5.75 Å². The maximum absolute atomic E-state index is 12.5. The van der Waals surface area contributed by atoms with Crippen molar-refractivity contribution in [3.8, 4) is 5.75 Å². The Morgan fingerprint density at radius 3 is 2.19 bits per heavy atom. The second kappa shape index (κ2) is 8.68. The highest BCUT2D eigenvalue weighted by Gasteiger charge is 2.24. The van der Waals surface area contributed by atoms with E-state index in [4.69, 9.17) is 4.74 Å². The van der Waals surface area contributed by atoms with E-state index >= 15 is 0 Å². The molecule has 7 heteroatoms. The van der Waals surface area contributed by atoms with E-state index in [1.165, 1.54) is 19.2 Å². The minimum absolute atomic E-state index is 0.180. The van der Waals surface area contributed by atoms with Crippen LogP contribution in [0, 0.1) is 5.92 Å². The second-order valence-electron chi connectivity index (χ2n) is 6.14. The molecule has 0 spiro atoms. The molecule has 140 valence electrons. The van der Waals surface area contributed by atoms with Crippen molar-refractivity contribution in [1.82, 2.24) is 5.32 Å². The maximum atomic E-state index is 12.5. The highest BCUT2D eigenvalue weighted by atomic mass is 79.9.